The van der Waals surface area contributed by atoms with E-state index in [0.29, 0.717) is 5.41 Å². The van der Waals surface area contributed by atoms with Gasteiger partial charge >= 0.3 is 0 Å². The summed E-state index contributed by atoms with van der Waals surface area (Å²) in [6.45, 7) is 11.3. The van der Waals surface area contributed by atoms with Crippen LogP contribution < -0.4 is 5.32 Å². The zero-order valence-electron chi connectivity index (χ0n) is 9.49. The Hall–Kier alpha value is 0.250. The van der Waals surface area contributed by atoms with Crippen LogP contribution in [-0.2, 0) is 0 Å². The van der Waals surface area contributed by atoms with Gasteiger partial charge in [0.25, 0.3) is 0 Å². The maximum Gasteiger partial charge on any atom is 0.0235 e. The zero-order valence-corrected chi connectivity index (χ0v) is 10.2. The van der Waals surface area contributed by atoms with Crippen molar-refractivity contribution in [1.29, 1.82) is 0 Å². The highest BCUT2D eigenvalue weighted by Gasteiger charge is 2.18. The van der Waals surface area contributed by atoms with Gasteiger partial charge in [-0.05, 0) is 30.7 Å². The van der Waals surface area contributed by atoms with Gasteiger partial charge < -0.3 is 5.32 Å². The Morgan fingerprint density at radius 2 is 1.92 bits per heavy atom. The lowest BCUT2D eigenvalue weighted by Crippen LogP contribution is -2.31. The van der Waals surface area contributed by atoms with Crippen molar-refractivity contribution in [2.75, 3.05) is 19.0 Å². The molecule has 0 aliphatic rings. The van der Waals surface area contributed by atoms with Crippen molar-refractivity contribution in [3.8, 4) is 0 Å². The summed E-state index contributed by atoms with van der Waals surface area (Å²) in [7, 11) is 0. The third-order valence-corrected chi connectivity index (χ3v) is 2.32. The second-order valence-corrected chi connectivity index (χ2v) is 5.36. The molecular formula is C11H24ClN. The van der Waals surface area contributed by atoms with Gasteiger partial charge in [-0.3, -0.25) is 0 Å². The average molecular weight is 206 g/mol. The summed E-state index contributed by atoms with van der Waals surface area (Å²) in [5.74, 6) is 1.54. The van der Waals surface area contributed by atoms with Crippen molar-refractivity contribution in [3.05, 3.63) is 0 Å². The first kappa shape index (κ1) is 13.2. The Kier molecular flexibility index (Phi) is 6.79. The molecule has 0 fully saturated rings. The van der Waals surface area contributed by atoms with Crippen molar-refractivity contribution in [3.63, 3.8) is 0 Å². The van der Waals surface area contributed by atoms with Gasteiger partial charge in [0, 0.05) is 12.4 Å². The number of hydrogen-bond donors (Lipinski definition) is 1. The van der Waals surface area contributed by atoms with Crippen LogP contribution in [0, 0.1) is 11.3 Å². The van der Waals surface area contributed by atoms with Gasteiger partial charge in [-0.1, -0.05) is 27.7 Å². The molecule has 0 unspecified atom stereocenters. The van der Waals surface area contributed by atoms with Crippen LogP contribution in [0.3, 0.4) is 0 Å². The summed E-state index contributed by atoms with van der Waals surface area (Å²) in [5, 5.41) is 3.45. The molecule has 0 saturated heterocycles. The Morgan fingerprint density at radius 3 is 2.38 bits per heavy atom. The standard InChI is InChI=1S/C11H24ClN/c1-10(2)8-11(3,4)9-13-7-5-6-12/h10,13H,5-9H2,1-4H3. The molecule has 80 valence electrons. The fourth-order valence-electron chi connectivity index (χ4n) is 1.80. The van der Waals surface area contributed by atoms with Gasteiger partial charge in [0.15, 0.2) is 0 Å². The molecule has 0 bridgehead atoms. The Labute approximate surface area is 88.2 Å². The smallest absolute Gasteiger partial charge is 0.0235 e. The van der Waals surface area contributed by atoms with E-state index < -0.39 is 0 Å². The molecule has 0 aromatic carbocycles. The van der Waals surface area contributed by atoms with Crippen molar-refractivity contribution < 1.29 is 0 Å². The van der Waals surface area contributed by atoms with Crippen LogP contribution in [0.2, 0.25) is 0 Å². The molecule has 0 spiro atoms. The summed E-state index contributed by atoms with van der Waals surface area (Å²) >= 11 is 5.60. The van der Waals surface area contributed by atoms with E-state index in [0.717, 1.165) is 31.3 Å². The zero-order chi connectivity index (χ0) is 10.3. The van der Waals surface area contributed by atoms with Crippen molar-refractivity contribution in [2.45, 2.75) is 40.5 Å². The van der Waals surface area contributed by atoms with Gasteiger partial charge in [-0.2, -0.15) is 0 Å². The summed E-state index contributed by atoms with van der Waals surface area (Å²) in [6.07, 6.45) is 2.35. The third-order valence-electron chi connectivity index (χ3n) is 2.05. The Bertz CT molecular complexity index is 121. The first-order chi connectivity index (χ1) is 5.98. The van der Waals surface area contributed by atoms with Crippen molar-refractivity contribution >= 4 is 11.6 Å². The monoisotopic (exact) mass is 205 g/mol. The summed E-state index contributed by atoms with van der Waals surface area (Å²) in [6, 6.07) is 0. The maximum atomic E-state index is 5.60. The largest absolute Gasteiger partial charge is 0.316 e. The van der Waals surface area contributed by atoms with E-state index in [2.05, 4.69) is 33.0 Å². The van der Waals surface area contributed by atoms with Gasteiger partial charge in [0.2, 0.25) is 0 Å². The predicted molar refractivity (Wildman–Crippen MR) is 61.4 cm³/mol. The van der Waals surface area contributed by atoms with Crippen LogP contribution in [0.25, 0.3) is 0 Å². The molecule has 0 radical (unpaired) electrons. The Balaban J connectivity index is 3.50. The molecule has 0 aromatic rings. The van der Waals surface area contributed by atoms with E-state index in [-0.39, 0.29) is 0 Å². The lowest BCUT2D eigenvalue weighted by Gasteiger charge is -2.27. The minimum atomic E-state index is 0.417. The van der Waals surface area contributed by atoms with Gasteiger partial charge in [-0.25, -0.2) is 0 Å². The molecule has 1 nitrogen and oxygen atoms in total. The van der Waals surface area contributed by atoms with Gasteiger partial charge in [-0.15, -0.1) is 11.6 Å². The van der Waals surface area contributed by atoms with E-state index in [1.165, 1.54) is 6.42 Å². The first-order valence-electron chi connectivity index (χ1n) is 5.24. The van der Waals surface area contributed by atoms with E-state index in [9.17, 15) is 0 Å². The maximum absolute atomic E-state index is 5.60. The molecule has 0 saturated carbocycles. The van der Waals surface area contributed by atoms with E-state index in [1.807, 2.05) is 0 Å². The molecule has 1 N–H and O–H groups in total. The number of halogens is 1. The summed E-state index contributed by atoms with van der Waals surface area (Å²) in [4.78, 5) is 0. The summed E-state index contributed by atoms with van der Waals surface area (Å²) < 4.78 is 0. The number of nitrogens with one attached hydrogen (secondary N) is 1. The third kappa shape index (κ3) is 8.58. The van der Waals surface area contributed by atoms with Crippen LogP contribution in [-0.4, -0.2) is 19.0 Å². The molecule has 0 atom stereocenters. The lowest BCUT2D eigenvalue weighted by molar-refractivity contribution is 0.274. The van der Waals surface area contributed by atoms with Crippen LogP contribution in [0.5, 0.6) is 0 Å². The van der Waals surface area contributed by atoms with Crippen LogP contribution in [0.4, 0.5) is 0 Å². The van der Waals surface area contributed by atoms with E-state index in [4.69, 9.17) is 11.6 Å². The minimum Gasteiger partial charge on any atom is -0.316 e. The quantitative estimate of drug-likeness (QED) is 0.497. The molecule has 0 aromatic heterocycles. The molecular weight excluding hydrogens is 182 g/mol. The van der Waals surface area contributed by atoms with Gasteiger partial charge in [0.05, 0.1) is 0 Å². The number of alkyl halides is 1. The Morgan fingerprint density at radius 1 is 1.31 bits per heavy atom. The molecule has 0 amide bonds. The van der Waals surface area contributed by atoms with E-state index >= 15 is 0 Å². The predicted octanol–water partition coefficient (Wildman–Crippen LogP) is 3.28. The second-order valence-electron chi connectivity index (χ2n) is 4.98. The molecule has 13 heavy (non-hydrogen) atoms. The number of hydrogen-bond acceptors (Lipinski definition) is 1. The molecule has 0 heterocycles. The SMILES string of the molecule is CC(C)CC(C)(C)CNCCCCl. The average Bonchev–Trinajstić information content (AvgIpc) is 1.95. The van der Waals surface area contributed by atoms with Crippen LogP contribution in [0.1, 0.15) is 40.5 Å². The highest BCUT2D eigenvalue weighted by molar-refractivity contribution is 6.17. The van der Waals surface area contributed by atoms with Gasteiger partial charge in [0.1, 0.15) is 0 Å². The lowest BCUT2D eigenvalue weighted by atomic mass is 9.84. The fraction of sp³-hybridized carbons (Fsp3) is 1.00. The minimum absolute atomic E-state index is 0.417. The van der Waals surface area contributed by atoms with Crippen molar-refractivity contribution in [1.82, 2.24) is 5.32 Å². The normalized spacial score (nSPS) is 12.5. The fourth-order valence-corrected chi connectivity index (χ4v) is 1.93. The molecule has 0 aliphatic carbocycles. The molecule has 2 heteroatoms. The topological polar surface area (TPSA) is 12.0 Å². The number of rotatable bonds is 7. The molecule has 0 rings (SSSR count). The summed E-state index contributed by atoms with van der Waals surface area (Å²) in [5.41, 5.74) is 0.417. The first-order valence-corrected chi connectivity index (χ1v) is 5.78. The van der Waals surface area contributed by atoms with Crippen LogP contribution in [0.15, 0.2) is 0 Å². The van der Waals surface area contributed by atoms with Crippen LogP contribution >= 0.6 is 11.6 Å². The van der Waals surface area contributed by atoms with Crippen molar-refractivity contribution in [2.24, 2.45) is 11.3 Å². The highest BCUT2D eigenvalue weighted by atomic mass is 35.5. The highest BCUT2D eigenvalue weighted by Crippen LogP contribution is 2.23. The van der Waals surface area contributed by atoms with E-state index in [1.54, 1.807) is 0 Å². The second kappa shape index (κ2) is 6.67. The molecule has 0 aliphatic heterocycles.